The number of likely N-dealkylation sites (N-methyl/N-ethyl adjacent to an activating group) is 1. The highest BCUT2D eigenvalue weighted by Crippen LogP contribution is 2.66. The molecule has 0 spiro atoms. The van der Waals surface area contributed by atoms with Gasteiger partial charge in [0.15, 0.2) is 11.4 Å². The van der Waals surface area contributed by atoms with E-state index < -0.39 is 87.7 Å². The second-order valence-corrected chi connectivity index (χ2v) is 12.8. The van der Waals surface area contributed by atoms with Gasteiger partial charge in [-0.1, -0.05) is 32.2 Å². The van der Waals surface area contributed by atoms with E-state index in [1.54, 1.807) is 6.92 Å². The summed E-state index contributed by atoms with van der Waals surface area (Å²) in [4.78, 5) is 28.0. The maximum atomic E-state index is 14.2. The van der Waals surface area contributed by atoms with Crippen LogP contribution in [-0.4, -0.2) is 90.0 Å². The van der Waals surface area contributed by atoms with E-state index in [9.17, 15) is 88.6 Å². The molecule has 28 heteroatoms. The first kappa shape index (κ1) is 47.0. The van der Waals surface area contributed by atoms with Gasteiger partial charge in [-0.2, -0.15) is 74.6 Å². The van der Waals surface area contributed by atoms with E-state index in [0.29, 0.717) is 12.0 Å². The lowest BCUT2D eigenvalue weighted by molar-refractivity contribution is -0.451. The molecule has 0 fully saturated rings. The third-order valence-corrected chi connectivity index (χ3v) is 9.08. The summed E-state index contributed by atoms with van der Waals surface area (Å²) < 4.78 is 251. The smallest absolute Gasteiger partial charge is 0.432 e. The van der Waals surface area contributed by atoms with Gasteiger partial charge >= 0.3 is 53.6 Å². The van der Waals surface area contributed by atoms with Crippen molar-refractivity contribution in [3.63, 3.8) is 0 Å². The molecule has 0 saturated carbocycles. The largest absolute Gasteiger partial charge is 0.464 e. The normalized spacial score (nSPS) is 15.4. The summed E-state index contributed by atoms with van der Waals surface area (Å²) in [6.45, 7) is 0.655. The predicted molar refractivity (Wildman–Crippen MR) is 155 cm³/mol. The van der Waals surface area contributed by atoms with Crippen molar-refractivity contribution in [2.24, 2.45) is 10.2 Å². The summed E-state index contributed by atoms with van der Waals surface area (Å²) in [6.07, 6.45) is -11.9. The number of esters is 1. The Morgan fingerprint density at radius 3 is 1.74 bits per heavy atom. The zero-order valence-corrected chi connectivity index (χ0v) is 28.8. The van der Waals surface area contributed by atoms with Crippen LogP contribution in [0.3, 0.4) is 0 Å². The van der Waals surface area contributed by atoms with Crippen molar-refractivity contribution in [1.29, 1.82) is 0 Å². The minimum absolute atomic E-state index is 0.0411. The zero-order valence-electron chi connectivity index (χ0n) is 26.1. The predicted octanol–water partition coefficient (Wildman–Crippen LogP) is 10.7. The number of halogens is 19. The number of azo groups is 1. The van der Waals surface area contributed by atoms with Gasteiger partial charge in [-0.25, -0.2) is 9.37 Å². The highest BCUT2D eigenvalue weighted by molar-refractivity contribution is 7.19. The Morgan fingerprint density at radius 2 is 1.30 bits per heavy atom. The Labute approximate surface area is 301 Å². The summed E-state index contributed by atoms with van der Waals surface area (Å²) in [7, 11) is -0.794. The van der Waals surface area contributed by atoms with Gasteiger partial charge in [0.05, 0.1) is 18.7 Å². The number of nitrogens with zero attached hydrogens (tertiary/aromatic N) is 4. The molecule has 2 aromatic rings. The molecular weight excluding hydrogens is 857 g/mol. The number of ether oxygens (including phenoxy) is 1. The average Bonchev–Trinajstić information content (AvgIpc) is 3.43. The van der Waals surface area contributed by atoms with Crippen LogP contribution < -0.4 is 4.90 Å². The molecule has 0 radical (unpaired) electrons. The van der Waals surface area contributed by atoms with Crippen LogP contribution in [0.5, 0.6) is 0 Å². The zero-order chi connectivity index (χ0) is 42.1. The van der Waals surface area contributed by atoms with Crippen molar-refractivity contribution in [1.82, 2.24) is 4.98 Å². The number of carbonyl (C=O) groups excluding carboxylic acids is 2. The molecule has 0 aliphatic carbocycles. The van der Waals surface area contributed by atoms with Gasteiger partial charge in [-0.15, -0.1) is 10.2 Å². The van der Waals surface area contributed by atoms with Crippen LogP contribution in [0.15, 0.2) is 34.5 Å². The molecule has 1 aromatic heterocycles. The van der Waals surface area contributed by atoms with E-state index in [0.717, 1.165) is 11.3 Å². The number of rotatable bonds is 18. The lowest BCUT2D eigenvalue weighted by Crippen LogP contribution is -2.75. The first-order chi connectivity index (χ1) is 24.2. The summed E-state index contributed by atoms with van der Waals surface area (Å²) in [5.41, 5.74) is 0.635. The van der Waals surface area contributed by atoms with E-state index in [2.05, 4.69) is 19.9 Å². The SMILES string of the molecule is CCN(CCOC(=O)CCC(F)(F)C(F)(F)C(F)(F)C(F)(F)C(F)(F)C(F)(F)C(F)(F)C(F)(P)C(F)(F)F)c1ccc(/N=N/c2nc(Cl)c(C=O)s2)cc1. The lowest BCUT2D eigenvalue weighted by Gasteiger charge is -2.44. The fraction of sp³-hybridized carbons (Fsp3) is 0.577. The van der Waals surface area contributed by atoms with Crippen LogP contribution >= 0.6 is 32.2 Å². The van der Waals surface area contributed by atoms with Crippen LogP contribution in [0.2, 0.25) is 5.15 Å². The highest BCUT2D eigenvalue weighted by Gasteiger charge is 2.95. The standard InChI is InChI=1S/C26H20ClF18N4O3PS/c1-2-49(13-5-3-12(4-6-13)47-48-17-46-16(27)14(11-50)54-17)9-10-52-15(51)7-8-18(28,29)19(30,31)20(32,33)21(34,35)22(36,37)23(38,39)24(40,41)25(42,53)26(43,44)45/h3-6,11H,2,7-10,53H2,1H3/b48-47+. The Hall–Kier alpha value is -3.15. The summed E-state index contributed by atoms with van der Waals surface area (Å²) in [6, 6.07) is 5.70. The Kier molecular flexibility index (Phi) is 13.7. The molecule has 1 aromatic carbocycles. The molecule has 0 aliphatic rings. The first-order valence-corrected chi connectivity index (χ1v) is 15.7. The number of anilines is 1. The van der Waals surface area contributed by atoms with E-state index in [1.807, 2.05) is 0 Å². The van der Waals surface area contributed by atoms with Gasteiger partial charge in [-0.05, 0) is 31.2 Å². The van der Waals surface area contributed by atoms with Crippen molar-refractivity contribution in [2.75, 3.05) is 24.6 Å². The molecule has 1 heterocycles. The van der Waals surface area contributed by atoms with Gasteiger partial charge in [0.1, 0.15) is 11.5 Å². The third kappa shape index (κ3) is 8.33. The maximum Gasteiger partial charge on any atom is 0.432 e. The quantitative estimate of drug-likeness (QED) is 0.0490. The van der Waals surface area contributed by atoms with Gasteiger partial charge in [0.2, 0.25) is 5.13 Å². The van der Waals surface area contributed by atoms with Crippen molar-refractivity contribution < 1.29 is 93.4 Å². The number of carbonyl (C=O) groups is 2. The fourth-order valence-electron chi connectivity index (χ4n) is 3.90. The number of aromatic nitrogens is 1. The van der Waals surface area contributed by atoms with E-state index in [4.69, 9.17) is 11.6 Å². The number of hydrogen-bond donors (Lipinski definition) is 0. The van der Waals surface area contributed by atoms with Crippen molar-refractivity contribution in [2.45, 2.75) is 72.8 Å². The van der Waals surface area contributed by atoms with Crippen LogP contribution in [-0.2, 0) is 9.53 Å². The minimum Gasteiger partial charge on any atom is -0.464 e. The molecule has 2 atom stereocenters. The van der Waals surface area contributed by atoms with Crippen LogP contribution in [0, 0.1) is 0 Å². The highest BCUT2D eigenvalue weighted by atomic mass is 35.5. The van der Waals surface area contributed by atoms with Gasteiger partial charge < -0.3 is 9.64 Å². The Bertz CT molecular complexity index is 1670. The molecule has 0 amide bonds. The van der Waals surface area contributed by atoms with Crippen LogP contribution in [0.4, 0.5) is 95.5 Å². The first-order valence-electron chi connectivity index (χ1n) is 13.9. The van der Waals surface area contributed by atoms with Crippen molar-refractivity contribution in [3.05, 3.63) is 34.3 Å². The van der Waals surface area contributed by atoms with Crippen molar-refractivity contribution >= 4 is 60.9 Å². The molecule has 0 bridgehead atoms. The van der Waals surface area contributed by atoms with E-state index >= 15 is 0 Å². The summed E-state index contributed by atoms with van der Waals surface area (Å²) in [5, 5.41) is 0.612. The van der Waals surface area contributed by atoms with Gasteiger partial charge in [-0.3, -0.25) is 9.59 Å². The number of alkyl halides is 18. The van der Waals surface area contributed by atoms with Gasteiger partial charge in [0.25, 0.3) is 5.41 Å². The third-order valence-electron chi connectivity index (χ3n) is 7.12. The molecule has 306 valence electrons. The minimum atomic E-state index is -8.79. The molecule has 0 N–H and O–H groups in total. The molecule has 2 rings (SSSR count). The monoisotopic (exact) mass is 876 g/mol. The maximum absolute atomic E-state index is 14.2. The van der Waals surface area contributed by atoms with Crippen LogP contribution in [0.25, 0.3) is 0 Å². The number of aldehydes is 1. The Balaban J connectivity index is 2.13. The molecule has 0 aliphatic heterocycles. The number of benzene rings is 1. The molecular formula is C26H20ClF18N4O3PS. The van der Waals surface area contributed by atoms with E-state index in [1.165, 1.54) is 29.2 Å². The summed E-state index contributed by atoms with van der Waals surface area (Å²) in [5.74, 6) is -59.4. The second-order valence-electron chi connectivity index (χ2n) is 10.6. The van der Waals surface area contributed by atoms with E-state index in [-0.39, 0.29) is 33.9 Å². The van der Waals surface area contributed by atoms with Crippen molar-refractivity contribution in [3.8, 4) is 0 Å². The summed E-state index contributed by atoms with van der Waals surface area (Å²) >= 11 is 6.56. The number of hydrogen-bond acceptors (Lipinski definition) is 8. The molecule has 0 saturated heterocycles. The second kappa shape index (κ2) is 15.8. The average molecular weight is 877 g/mol. The molecule has 7 nitrogen and oxygen atoms in total. The Morgan fingerprint density at radius 1 is 0.815 bits per heavy atom. The molecule has 2 unspecified atom stereocenters. The molecule has 54 heavy (non-hydrogen) atoms. The number of thiazole rings is 1. The topological polar surface area (TPSA) is 84.2 Å². The van der Waals surface area contributed by atoms with Gasteiger partial charge in [0, 0.05) is 18.7 Å². The van der Waals surface area contributed by atoms with Crippen LogP contribution in [0.1, 0.15) is 29.4 Å². The lowest BCUT2D eigenvalue weighted by atomic mass is 9.87. The fourth-order valence-corrected chi connectivity index (χ4v) is 4.97.